The highest BCUT2D eigenvalue weighted by atomic mass is 16.6. The predicted octanol–water partition coefficient (Wildman–Crippen LogP) is 3.02. The molecule has 1 saturated heterocycles. The van der Waals surface area contributed by atoms with Crippen LogP contribution in [0.2, 0.25) is 0 Å². The molecular formula is C29H41N5O5. The summed E-state index contributed by atoms with van der Waals surface area (Å²) in [7, 11) is 0. The minimum absolute atomic E-state index is 0.152. The van der Waals surface area contributed by atoms with Gasteiger partial charge >= 0.3 is 6.09 Å². The van der Waals surface area contributed by atoms with Gasteiger partial charge in [-0.25, -0.2) is 4.79 Å². The second kappa shape index (κ2) is 12.5. The molecule has 2 fully saturated rings. The maximum atomic E-state index is 13.3. The standard InChI is InChI=1S/C29H41N5O5/c1-29(2,3)39-28(38)31-18-25(35)34-14-12-19(13-15-34)26(36)33-24(27(37)32-21-8-4-5-9-21)16-20-17-30-23-11-7-6-10-22(20)23/h6-7,10-11,17,19,21,24,30H,4-5,8-9,12-16,18H2,1-3H3,(H,31,38)(H,32,37)(H,33,36). The van der Waals surface area contributed by atoms with Gasteiger partial charge in [0.2, 0.25) is 17.7 Å². The first-order chi connectivity index (χ1) is 18.6. The molecule has 0 radical (unpaired) electrons. The van der Waals surface area contributed by atoms with Crippen molar-refractivity contribution in [3.8, 4) is 0 Å². The number of nitrogens with one attached hydrogen (secondary N) is 4. The zero-order valence-corrected chi connectivity index (χ0v) is 23.2. The van der Waals surface area contributed by atoms with Gasteiger partial charge in [0.15, 0.2) is 0 Å². The molecular weight excluding hydrogens is 498 g/mol. The number of ether oxygens (including phenoxy) is 1. The molecule has 39 heavy (non-hydrogen) atoms. The third-order valence-electron chi connectivity index (χ3n) is 7.43. The molecule has 2 aliphatic rings. The van der Waals surface area contributed by atoms with Gasteiger partial charge in [-0.2, -0.15) is 0 Å². The van der Waals surface area contributed by atoms with E-state index in [0.29, 0.717) is 32.4 Å². The Kier molecular flexibility index (Phi) is 9.14. The minimum atomic E-state index is -0.685. The Morgan fingerprint density at radius 1 is 1.05 bits per heavy atom. The summed E-state index contributed by atoms with van der Waals surface area (Å²) in [5.74, 6) is -0.827. The van der Waals surface area contributed by atoms with Gasteiger partial charge in [-0.15, -0.1) is 0 Å². The quantitative estimate of drug-likeness (QED) is 0.409. The summed E-state index contributed by atoms with van der Waals surface area (Å²) in [5, 5.41) is 9.71. The number of carbonyl (C=O) groups excluding carboxylic acids is 4. The number of piperidine rings is 1. The number of carbonyl (C=O) groups is 4. The summed E-state index contributed by atoms with van der Waals surface area (Å²) in [5.41, 5.74) is 1.33. The Balaban J connectivity index is 1.32. The number of likely N-dealkylation sites (tertiary alicyclic amines) is 1. The Morgan fingerprint density at radius 3 is 2.44 bits per heavy atom. The van der Waals surface area contributed by atoms with Crippen LogP contribution < -0.4 is 16.0 Å². The fraction of sp³-hybridized carbons (Fsp3) is 0.586. The van der Waals surface area contributed by atoms with Crippen LogP contribution in [-0.2, 0) is 25.5 Å². The van der Waals surface area contributed by atoms with Gasteiger partial charge in [0, 0.05) is 48.6 Å². The Morgan fingerprint density at radius 2 is 1.74 bits per heavy atom. The number of aromatic amines is 1. The van der Waals surface area contributed by atoms with Crippen LogP contribution in [0.4, 0.5) is 4.79 Å². The van der Waals surface area contributed by atoms with Crippen LogP contribution >= 0.6 is 0 Å². The summed E-state index contributed by atoms with van der Waals surface area (Å²) in [6.07, 6.45) is 6.79. The third kappa shape index (κ3) is 7.97. The SMILES string of the molecule is CC(C)(C)OC(=O)NCC(=O)N1CCC(C(=O)NC(Cc2c[nH]c3ccccc23)C(=O)NC2CCCC2)CC1. The van der Waals surface area contributed by atoms with Gasteiger partial charge in [0.25, 0.3) is 0 Å². The molecule has 4 amide bonds. The van der Waals surface area contributed by atoms with E-state index in [4.69, 9.17) is 4.74 Å². The molecule has 1 saturated carbocycles. The van der Waals surface area contributed by atoms with Crippen LogP contribution in [0.1, 0.15) is 64.9 Å². The van der Waals surface area contributed by atoms with Crippen LogP contribution in [0, 0.1) is 5.92 Å². The molecule has 10 heteroatoms. The van der Waals surface area contributed by atoms with Crippen molar-refractivity contribution in [2.24, 2.45) is 5.92 Å². The van der Waals surface area contributed by atoms with Crippen molar-refractivity contribution in [1.82, 2.24) is 25.8 Å². The van der Waals surface area contributed by atoms with Crippen molar-refractivity contribution in [1.29, 1.82) is 0 Å². The van der Waals surface area contributed by atoms with Gasteiger partial charge in [-0.1, -0.05) is 31.0 Å². The van der Waals surface area contributed by atoms with Gasteiger partial charge in [0.1, 0.15) is 18.2 Å². The lowest BCUT2D eigenvalue weighted by Crippen LogP contribution is -2.53. The largest absolute Gasteiger partial charge is 0.444 e. The molecule has 4 rings (SSSR count). The number of nitrogens with zero attached hydrogens (tertiary/aromatic N) is 1. The maximum Gasteiger partial charge on any atom is 0.408 e. The summed E-state index contributed by atoms with van der Waals surface area (Å²) in [6.45, 7) is 5.94. The fourth-order valence-corrected chi connectivity index (χ4v) is 5.36. The second-order valence-corrected chi connectivity index (χ2v) is 11.6. The number of aromatic nitrogens is 1. The van der Waals surface area contributed by atoms with Gasteiger partial charge in [-0.05, 0) is 58.1 Å². The lowest BCUT2D eigenvalue weighted by atomic mass is 9.94. The van der Waals surface area contributed by atoms with Crippen molar-refractivity contribution in [3.05, 3.63) is 36.0 Å². The monoisotopic (exact) mass is 539 g/mol. The number of H-pyrrole nitrogens is 1. The van der Waals surface area contributed by atoms with Gasteiger partial charge in [-0.3, -0.25) is 14.4 Å². The number of fused-ring (bicyclic) bond motifs is 1. The van der Waals surface area contributed by atoms with E-state index in [-0.39, 0.29) is 36.2 Å². The third-order valence-corrected chi connectivity index (χ3v) is 7.43. The smallest absolute Gasteiger partial charge is 0.408 e. The zero-order chi connectivity index (χ0) is 28.0. The predicted molar refractivity (Wildman–Crippen MR) is 148 cm³/mol. The van der Waals surface area contributed by atoms with Crippen molar-refractivity contribution < 1.29 is 23.9 Å². The van der Waals surface area contributed by atoms with Crippen molar-refractivity contribution in [2.45, 2.75) is 83.4 Å². The van der Waals surface area contributed by atoms with E-state index in [0.717, 1.165) is 42.1 Å². The summed E-state index contributed by atoms with van der Waals surface area (Å²) in [6, 6.07) is 7.39. The molecule has 10 nitrogen and oxygen atoms in total. The lowest BCUT2D eigenvalue weighted by Gasteiger charge is -2.32. The van der Waals surface area contributed by atoms with Crippen LogP contribution in [0.15, 0.2) is 30.5 Å². The van der Waals surface area contributed by atoms with Crippen molar-refractivity contribution in [3.63, 3.8) is 0 Å². The van der Waals surface area contributed by atoms with Crippen LogP contribution in [-0.4, -0.2) is 71.0 Å². The first-order valence-corrected chi connectivity index (χ1v) is 14.0. The molecule has 1 unspecified atom stereocenters. The minimum Gasteiger partial charge on any atom is -0.444 e. The molecule has 1 atom stereocenters. The average molecular weight is 540 g/mol. The van der Waals surface area contributed by atoms with Gasteiger partial charge in [0.05, 0.1) is 0 Å². The molecule has 1 aromatic carbocycles. The molecule has 1 aliphatic carbocycles. The molecule has 2 heterocycles. The number of rotatable bonds is 8. The molecule has 1 aliphatic heterocycles. The fourth-order valence-electron chi connectivity index (χ4n) is 5.36. The Labute approximate surface area is 229 Å². The summed E-state index contributed by atoms with van der Waals surface area (Å²) >= 11 is 0. The normalized spacial score (nSPS) is 17.6. The molecule has 2 aromatic rings. The van der Waals surface area contributed by atoms with Crippen LogP contribution in [0.3, 0.4) is 0 Å². The first-order valence-electron chi connectivity index (χ1n) is 14.0. The molecule has 0 spiro atoms. The second-order valence-electron chi connectivity index (χ2n) is 11.6. The highest BCUT2D eigenvalue weighted by molar-refractivity contribution is 5.90. The van der Waals surface area contributed by atoms with E-state index in [1.165, 1.54) is 0 Å². The number of alkyl carbamates (subject to hydrolysis) is 1. The number of hydrogen-bond donors (Lipinski definition) is 4. The van der Waals surface area contributed by atoms with Crippen LogP contribution in [0.5, 0.6) is 0 Å². The van der Waals surface area contributed by atoms with E-state index in [2.05, 4.69) is 20.9 Å². The highest BCUT2D eigenvalue weighted by Gasteiger charge is 2.32. The summed E-state index contributed by atoms with van der Waals surface area (Å²) in [4.78, 5) is 55.9. The number of amides is 4. The van der Waals surface area contributed by atoms with E-state index in [9.17, 15) is 19.2 Å². The van der Waals surface area contributed by atoms with Gasteiger partial charge < -0.3 is 30.6 Å². The Hall–Kier alpha value is -3.56. The maximum absolute atomic E-state index is 13.3. The summed E-state index contributed by atoms with van der Waals surface area (Å²) < 4.78 is 5.17. The molecule has 1 aromatic heterocycles. The van der Waals surface area contributed by atoms with Crippen molar-refractivity contribution >= 4 is 34.7 Å². The number of para-hydroxylation sites is 1. The van der Waals surface area contributed by atoms with E-state index in [1.54, 1.807) is 25.7 Å². The van der Waals surface area contributed by atoms with Crippen molar-refractivity contribution in [2.75, 3.05) is 19.6 Å². The number of benzene rings is 1. The topological polar surface area (TPSA) is 133 Å². The van der Waals surface area contributed by atoms with E-state index >= 15 is 0 Å². The Bertz CT molecular complexity index is 1170. The molecule has 0 bridgehead atoms. The molecule has 212 valence electrons. The van der Waals surface area contributed by atoms with Crippen LogP contribution in [0.25, 0.3) is 10.9 Å². The average Bonchev–Trinajstić information content (AvgIpc) is 3.56. The molecule has 4 N–H and O–H groups in total. The first kappa shape index (κ1) is 28.4. The number of hydrogen-bond acceptors (Lipinski definition) is 5. The zero-order valence-electron chi connectivity index (χ0n) is 23.2. The highest BCUT2D eigenvalue weighted by Crippen LogP contribution is 2.22. The lowest BCUT2D eigenvalue weighted by molar-refractivity contribution is -0.136. The van der Waals surface area contributed by atoms with E-state index < -0.39 is 17.7 Å². The van der Waals surface area contributed by atoms with E-state index in [1.807, 2.05) is 30.5 Å².